The Kier molecular flexibility index (Phi) is 6.81. The van der Waals surface area contributed by atoms with E-state index >= 15 is 0 Å². The minimum absolute atomic E-state index is 0.00330. The number of carbonyl (C=O) groups is 3. The molecular weight excluding hydrogens is 420 g/mol. The maximum absolute atomic E-state index is 12.5. The van der Waals surface area contributed by atoms with Crippen molar-refractivity contribution in [3.63, 3.8) is 0 Å². The zero-order valence-electron chi connectivity index (χ0n) is 19.8. The van der Waals surface area contributed by atoms with Crippen molar-refractivity contribution in [3.8, 4) is 11.1 Å². The molecule has 0 saturated heterocycles. The molecule has 0 aliphatic heterocycles. The van der Waals surface area contributed by atoms with Crippen molar-refractivity contribution in [1.29, 1.82) is 0 Å². The van der Waals surface area contributed by atoms with Crippen molar-refractivity contribution >= 4 is 18.0 Å². The number of rotatable bonds is 8. The largest absolute Gasteiger partial charge is 0.481 e. The molecule has 3 rings (SSSR count). The molecule has 0 aromatic heterocycles. The molecule has 0 bridgehead atoms. The molecule has 0 spiro atoms. The van der Waals surface area contributed by atoms with Crippen LogP contribution in [0.4, 0.5) is 4.79 Å². The van der Waals surface area contributed by atoms with Crippen LogP contribution >= 0.6 is 0 Å². The monoisotopic (exact) mass is 452 g/mol. The first-order valence-corrected chi connectivity index (χ1v) is 11.1. The summed E-state index contributed by atoms with van der Waals surface area (Å²) in [6.45, 7) is 8.36. The Morgan fingerprint density at radius 2 is 1.48 bits per heavy atom. The van der Waals surface area contributed by atoms with E-state index in [0.29, 0.717) is 0 Å². The van der Waals surface area contributed by atoms with E-state index in [-0.39, 0.29) is 24.9 Å². The molecule has 0 saturated carbocycles. The maximum atomic E-state index is 12.5. The van der Waals surface area contributed by atoms with Gasteiger partial charge < -0.3 is 20.5 Å². The minimum atomic E-state index is -1.16. The number of carboxylic acids is 1. The van der Waals surface area contributed by atoms with E-state index in [4.69, 9.17) is 4.74 Å². The lowest BCUT2D eigenvalue weighted by molar-refractivity contribution is -0.151. The Labute approximate surface area is 194 Å². The Balaban J connectivity index is 1.54. The Bertz CT molecular complexity index is 1010. The van der Waals surface area contributed by atoms with Crippen LogP contribution in [0.25, 0.3) is 11.1 Å². The third kappa shape index (κ3) is 5.02. The predicted molar refractivity (Wildman–Crippen MR) is 126 cm³/mol. The van der Waals surface area contributed by atoms with Gasteiger partial charge in [0.1, 0.15) is 6.61 Å². The molecule has 0 radical (unpaired) electrons. The third-order valence-corrected chi connectivity index (χ3v) is 6.75. The lowest BCUT2D eigenvalue weighted by atomic mass is 9.74. The summed E-state index contributed by atoms with van der Waals surface area (Å²) in [7, 11) is 0. The van der Waals surface area contributed by atoms with Crippen molar-refractivity contribution in [2.24, 2.45) is 5.41 Å². The van der Waals surface area contributed by atoms with Crippen molar-refractivity contribution in [2.45, 2.75) is 58.5 Å². The van der Waals surface area contributed by atoms with Crippen LogP contribution in [0.3, 0.4) is 0 Å². The number of carbonyl (C=O) groups excluding carboxylic acids is 2. The number of amides is 2. The molecule has 3 N–H and O–H groups in total. The lowest BCUT2D eigenvalue weighted by Gasteiger charge is -2.39. The number of hydrogen-bond acceptors (Lipinski definition) is 4. The first kappa shape index (κ1) is 24.3. The topological polar surface area (TPSA) is 105 Å². The Morgan fingerprint density at radius 1 is 0.970 bits per heavy atom. The van der Waals surface area contributed by atoms with Gasteiger partial charge in [-0.25, -0.2) is 4.79 Å². The molecule has 0 unspecified atom stereocenters. The Hall–Kier alpha value is -3.35. The van der Waals surface area contributed by atoms with Crippen LogP contribution in [0, 0.1) is 5.41 Å². The van der Waals surface area contributed by atoms with Crippen LogP contribution in [0.2, 0.25) is 0 Å². The fourth-order valence-corrected chi connectivity index (χ4v) is 3.99. The molecule has 2 aromatic rings. The van der Waals surface area contributed by atoms with Crippen LogP contribution in [0.15, 0.2) is 48.5 Å². The molecular formula is C26H32N2O5. The minimum Gasteiger partial charge on any atom is -0.481 e. The number of alkyl carbamates (subject to hydrolysis) is 1. The second-order valence-electron chi connectivity index (χ2n) is 9.68. The van der Waals surface area contributed by atoms with Crippen LogP contribution in [0.1, 0.15) is 58.1 Å². The van der Waals surface area contributed by atoms with Crippen molar-refractivity contribution in [2.75, 3.05) is 6.61 Å². The molecule has 7 nitrogen and oxygen atoms in total. The van der Waals surface area contributed by atoms with Gasteiger partial charge in [0.2, 0.25) is 5.91 Å². The number of carboxylic acid groups (broad SMARTS) is 1. The van der Waals surface area contributed by atoms with Crippen LogP contribution in [-0.4, -0.2) is 41.3 Å². The van der Waals surface area contributed by atoms with Gasteiger partial charge in [-0.05, 0) is 56.9 Å². The zero-order chi connectivity index (χ0) is 24.4. The highest BCUT2D eigenvalue weighted by molar-refractivity contribution is 5.82. The molecule has 1 aliphatic rings. The van der Waals surface area contributed by atoms with E-state index < -0.39 is 29.1 Å². The quantitative estimate of drug-likeness (QED) is 0.554. The number of aliphatic carboxylic acids is 1. The average Bonchev–Trinajstić information content (AvgIpc) is 3.05. The van der Waals surface area contributed by atoms with E-state index in [9.17, 15) is 19.5 Å². The standard InChI is InChI=1S/C26H32N2O5/c1-16(14-22(29)28-26(4,5)25(2,3)23(30)31)27-24(32)33-15-21-19-12-8-6-10-17(19)18-11-7-9-13-20(18)21/h6-13,16,21H,14-15H2,1-5H3,(H,27,32)(H,28,29)(H,30,31)/t16-/m1/s1. The van der Waals surface area contributed by atoms with Gasteiger partial charge in [0.05, 0.1) is 5.41 Å². The van der Waals surface area contributed by atoms with Gasteiger partial charge in [0.25, 0.3) is 0 Å². The fraction of sp³-hybridized carbons (Fsp3) is 0.423. The maximum Gasteiger partial charge on any atom is 0.407 e. The molecule has 2 amide bonds. The number of fused-ring (bicyclic) bond motifs is 3. The molecule has 2 aromatic carbocycles. The van der Waals surface area contributed by atoms with E-state index in [1.165, 1.54) is 0 Å². The summed E-state index contributed by atoms with van der Waals surface area (Å²) >= 11 is 0. The van der Waals surface area contributed by atoms with Crippen LogP contribution in [0.5, 0.6) is 0 Å². The predicted octanol–water partition coefficient (Wildman–Crippen LogP) is 4.31. The molecule has 0 fully saturated rings. The van der Waals surface area contributed by atoms with Gasteiger partial charge in [-0.15, -0.1) is 0 Å². The van der Waals surface area contributed by atoms with Gasteiger partial charge in [0.15, 0.2) is 0 Å². The lowest BCUT2D eigenvalue weighted by Crippen LogP contribution is -2.57. The van der Waals surface area contributed by atoms with Crippen molar-refractivity contribution in [3.05, 3.63) is 59.7 Å². The smallest absolute Gasteiger partial charge is 0.407 e. The van der Waals surface area contributed by atoms with Gasteiger partial charge in [-0.2, -0.15) is 0 Å². The second-order valence-corrected chi connectivity index (χ2v) is 9.68. The highest BCUT2D eigenvalue weighted by atomic mass is 16.5. The number of hydrogen-bond donors (Lipinski definition) is 3. The van der Waals surface area contributed by atoms with E-state index in [0.717, 1.165) is 22.3 Å². The van der Waals surface area contributed by atoms with Gasteiger partial charge >= 0.3 is 12.1 Å². The van der Waals surface area contributed by atoms with Crippen LogP contribution in [-0.2, 0) is 14.3 Å². The molecule has 1 atom stereocenters. The summed E-state index contributed by atoms with van der Waals surface area (Å²) in [6.07, 6.45) is -0.592. The molecule has 0 heterocycles. The van der Waals surface area contributed by atoms with Gasteiger partial charge in [0, 0.05) is 23.9 Å². The SMILES string of the molecule is C[C@H](CC(=O)NC(C)(C)C(C)(C)C(=O)O)NC(=O)OCC1c2ccccc2-c2ccccc21. The van der Waals surface area contributed by atoms with Crippen molar-refractivity contribution < 1.29 is 24.2 Å². The summed E-state index contributed by atoms with van der Waals surface area (Å²) in [5.74, 6) is -1.39. The second kappa shape index (κ2) is 9.25. The molecule has 33 heavy (non-hydrogen) atoms. The van der Waals surface area contributed by atoms with E-state index in [2.05, 4.69) is 34.9 Å². The Morgan fingerprint density at radius 3 is 2.00 bits per heavy atom. The number of ether oxygens (including phenoxy) is 1. The highest BCUT2D eigenvalue weighted by Gasteiger charge is 2.44. The van der Waals surface area contributed by atoms with Gasteiger partial charge in [-0.3, -0.25) is 9.59 Å². The molecule has 7 heteroatoms. The molecule has 1 aliphatic carbocycles. The van der Waals surface area contributed by atoms with Crippen molar-refractivity contribution in [1.82, 2.24) is 10.6 Å². The normalized spacial score (nSPS) is 14.1. The molecule has 176 valence electrons. The third-order valence-electron chi connectivity index (χ3n) is 6.75. The van der Waals surface area contributed by atoms with Gasteiger partial charge in [-0.1, -0.05) is 48.5 Å². The average molecular weight is 453 g/mol. The number of benzene rings is 2. The first-order valence-electron chi connectivity index (χ1n) is 11.1. The number of nitrogens with one attached hydrogen (secondary N) is 2. The fourth-order valence-electron chi connectivity index (χ4n) is 3.99. The summed E-state index contributed by atoms with van der Waals surface area (Å²) < 4.78 is 5.52. The first-order chi connectivity index (χ1) is 15.4. The van der Waals surface area contributed by atoms with Crippen LogP contribution < -0.4 is 10.6 Å². The zero-order valence-corrected chi connectivity index (χ0v) is 19.8. The highest BCUT2D eigenvalue weighted by Crippen LogP contribution is 2.44. The van der Waals surface area contributed by atoms with E-state index in [1.807, 2.05) is 24.3 Å². The summed E-state index contributed by atoms with van der Waals surface area (Å²) in [5.41, 5.74) is 2.42. The summed E-state index contributed by atoms with van der Waals surface area (Å²) in [4.78, 5) is 36.4. The summed E-state index contributed by atoms with van der Waals surface area (Å²) in [6, 6.07) is 15.7. The van der Waals surface area contributed by atoms with E-state index in [1.54, 1.807) is 34.6 Å². The summed E-state index contributed by atoms with van der Waals surface area (Å²) in [5, 5.41) is 14.9.